The summed E-state index contributed by atoms with van der Waals surface area (Å²) in [6.45, 7) is 9.84. The van der Waals surface area contributed by atoms with Crippen LogP contribution in [0.1, 0.15) is 56.6 Å². The SMILES string of the molecule is Cc1c(CN2CCN(C(=O)C3CCCC3)[C@@H](C)C2)cc(F)cc1[N+]1(C)CCCC1. The summed E-state index contributed by atoms with van der Waals surface area (Å²) in [4.78, 5) is 17.4. The Kier molecular flexibility index (Phi) is 5.99. The molecule has 2 aliphatic heterocycles. The van der Waals surface area contributed by atoms with Crippen molar-refractivity contribution in [2.24, 2.45) is 5.92 Å². The maximum Gasteiger partial charge on any atom is 0.226 e. The Morgan fingerprint density at radius 1 is 1.14 bits per heavy atom. The van der Waals surface area contributed by atoms with Crippen LogP contribution in [0.25, 0.3) is 0 Å². The fourth-order valence-corrected chi connectivity index (χ4v) is 5.87. The van der Waals surface area contributed by atoms with Gasteiger partial charge in [0.2, 0.25) is 5.91 Å². The lowest BCUT2D eigenvalue weighted by Gasteiger charge is -2.41. The molecule has 1 aromatic rings. The van der Waals surface area contributed by atoms with E-state index in [1.54, 1.807) is 12.1 Å². The van der Waals surface area contributed by atoms with Crippen LogP contribution in [0.4, 0.5) is 10.1 Å². The minimum absolute atomic E-state index is 0.116. The predicted octanol–water partition coefficient (Wildman–Crippen LogP) is 4.09. The Hall–Kier alpha value is -1.46. The number of hydrogen-bond acceptors (Lipinski definition) is 2. The van der Waals surface area contributed by atoms with E-state index in [4.69, 9.17) is 0 Å². The molecule has 0 aromatic heterocycles. The molecule has 4 nitrogen and oxygen atoms in total. The van der Waals surface area contributed by atoms with Crippen LogP contribution in [-0.4, -0.2) is 61.5 Å². The molecular formula is C24H37FN3O+. The van der Waals surface area contributed by atoms with Crippen LogP contribution in [0.15, 0.2) is 12.1 Å². The second-order valence-electron chi connectivity index (χ2n) is 9.86. The van der Waals surface area contributed by atoms with Crippen LogP contribution in [0.5, 0.6) is 0 Å². The van der Waals surface area contributed by atoms with E-state index in [0.717, 1.165) is 67.8 Å². The van der Waals surface area contributed by atoms with Gasteiger partial charge in [-0.2, -0.15) is 0 Å². The fourth-order valence-electron chi connectivity index (χ4n) is 5.87. The van der Waals surface area contributed by atoms with Crippen molar-refractivity contribution in [2.75, 3.05) is 39.8 Å². The summed E-state index contributed by atoms with van der Waals surface area (Å²) < 4.78 is 15.4. The average Bonchev–Trinajstić information content (AvgIpc) is 3.36. The van der Waals surface area contributed by atoms with Gasteiger partial charge in [-0.3, -0.25) is 14.2 Å². The topological polar surface area (TPSA) is 23.6 Å². The number of likely N-dealkylation sites (tertiary alicyclic amines) is 1. The van der Waals surface area contributed by atoms with E-state index in [2.05, 4.69) is 30.7 Å². The third kappa shape index (κ3) is 4.22. The molecule has 2 heterocycles. The zero-order valence-electron chi connectivity index (χ0n) is 18.4. The number of nitrogens with zero attached hydrogens (tertiary/aromatic N) is 3. The van der Waals surface area contributed by atoms with Gasteiger partial charge in [-0.15, -0.1) is 0 Å². The molecule has 1 aliphatic carbocycles. The minimum atomic E-state index is -0.116. The van der Waals surface area contributed by atoms with E-state index in [1.807, 2.05) is 0 Å². The van der Waals surface area contributed by atoms with Crippen molar-refractivity contribution < 1.29 is 9.18 Å². The van der Waals surface area contributed by atoms with Crippen LogP contribution < -0.4 is 4.48 Å². The molecular weight excluding hydrogens is 365 g/mol. The summed E-state index contributed by atoms with van der Waals surface area (Å²) in [6, 6.07) is 3.71. The summed E-state index contributed by atoms with van der Waals surface area (Å²) in [5.74, 6) is 0.502. The van der Waals surface area contributed by atoms with E-state index in [1.165, 1.54) is 31.2 Å². The summed E-state index contributed by atoms with van der Waals surface area (Å²) in [7, 11) is 2.24. The highest BCUT2D eigenvalue weighted by Gasteiger charge is 2.35. The molecule has 1 atom stereocenters. The molecule has 0 N–H and O–H groups in total. The number of hydrogen-bond donors (Lipinski definition) is 0. The van der Waals surface area contributed by atoms with Gasteiger partial charge in [0.05, 0.1) is 20.1 Å². The van der Waals surface area contributed by atoms with Crippen molar-refractivity contribution >= 4 is 11.6 Å². The number of halogens is 1. The molecule has 5 heteroatoms. The van der Waals surface area contributed by atoms with E-state index >= 15 is 0 Å². The first-order valence-corrected chi connectivity index (χ1v) is 11.5. The molecule has 1 aromatic carbocycles. The van der Waals surface area contributed by atoms with Crippen molar-refractivity contribution in [1.82, 2.24) is 14.3 Å². The number of benzene rings is 1. The van der Waals surface area contributed by atoms with Gasteiger partial charge in [-0.05, 0) is 38.3 Å². The largest absolute Gasteiger partial charge is 0.337 e. The molecule has 29 heavy (non-hydrogen) atoms. The lowest BCUT2D eigenvalue weighted by molar-refractivity contribution is -0.140. The van der Waals surface area contributed by atoms with Crippen LogP contribution in [0.2, 0.25) is 0 Å². The van der Waals surface area contributed by atoms with E-state index in [0.29, 0.717) is 5.91 Å². The molecule has 1 amide bonds. The maximum absolute atomic E-state index is 14.5. The number of rotatable bonds is 4. The number of carbonyl (C=O) groups is 1. The van der Waals surface area contributed by atoms with Crippen LogP contribution in [0.3, 0.4) is 0 Å². The highest BCUT2D eigenvalue weighted by atomic mass is 19.1. The third-order valence-corrected chi connectivity index (χ3v) is 7.68. The Morgan fingerprint density at radius 3 is 2.48 bits per heavy atom. The number of carbonyl (C=O) groups excluding carboxylic acids is 1. The lowest BCUT2D eigenvalue weighted by Crippen LogP contribution is -2.54. The zero-order valence-corrected chi connectivity index (χ0v) is 18.4. The van der Waals surface area contributed by atoms with Gasteiger partial charge >= 0.3 is 0 Å². The molecule has 0 radical (unpaired) electrons. The van der Waals surface area contributed by atoms with Crippen LogP contribution in [0, 0.1) is 18.7 Å². The summed E-state index contributed by atoms with van der Waals surface area (Å²) >= 11 is 0. The van der Waals surface area contributed by atoms with E-state index in [-0.39, 0.29) is 17.8 Å². The second-order valence-corrected chi connectivity index (χ2v) is 9.86. The smallest absolute Gasteiger partial charge is 0.226 e. The molecule has 4 rings (SSSR count). The standard InChI is InChI=1S/C24H37FN3O/c1-18-16-26(10-11-27(18)24(29)20-8-4-5-9-20)17-21-14-22(25)15-23(19(21)2)28(3)12-6-7-13-28/h14-15,18,20H,4-13,16-17H2,1-3H3/q+1/t18-/m0/s1. The first-order chi connectivity index (χ1) is 13.9. The molecule has 3 aliphatic rings. The van der Waals surface area contributed by atoms with Crippen LogP contribution >= 0.6 is 0 Å². The van der Waals surface area contributed by atoms with Gasteiger partial charge in [0.1, 0.15) is 11.5 Å². The van der Waals surface area contributed by atoms with Gasteiger partial charge in [0.15, 0.2) is 0 Å². The van der Waals surface area contributed by atoms with E-state index < -0.39 is 0 Å². The maximum atomic E-state index is 14.5. The van der Waals surface area contributed by atoms with Crippen molar-refractivity contribution in [1.29, 1.82) is 0 Å². The number of piperazine rings is 1. The zero-order chi connectivity index (χ0) is 20.6. The van der Waals surface area contributed by atoms with Crippen molar-refractivity contribution in [3.8, 4) is 0 Å². The Morgan fingerprint density at radius 2 is 1.83 bits per heavy atom. The van der Waals surface area contributed by atoms with Gasteiger partial charge in [0.25, 0.3) is 0 Å². The summed E-state index contributed by atoms with van der Waals surface area (Å²) in [6.07, 6.45) is 6.96. The Labute approximate surface area is 175 Å². The fraction of sp³-hybridized carbons (Fsp3) is 0.708. The molecule has 1 saturated carbocycles. The first-order valence-electron chi connectivity index (χ1n) is 11.5. The minimum Gasteiger partial charge on any atom is -0.337 e. The monoisotopic (exact) mass is 402 g/mol. The van der Waals surface area contributed by atoms with Crippen molar-refractivity contribution in [2.45, 2.75) is 65.0 Å². The van der Waals surface area contributed by atoms with Gasteiger partial charge in [-0.25, -0.2) is 4.39 Å². The van der Waals surface area contributed by atoms with Crippen molar-refractivity contribution in [3.05, 3.63) is 29.1 Å². The normalized spacial score (nSPS) is 25.7. The Balaban J connectivity index is 1.45. The number of quaternary nitrogens is 1. The highest BCUT2D eigenvalue weighted by Crippen LogP contribution is 2.34. The summed E-state index contributed by atoms with van der Waals surface area (Å²) in [5, 5.41) is 0. The van der Waals surface area contributed by atoms with Gasteiger partial charge < -0.3 is 4.90 Å². The molecule has 0 unspecified atom stereocenters. The molecule has 160 valence electrons. The molecule has 3 fully saturated rings. The third-order valence-electron chi connectivity index (χ3n) is 7.68. The average molecular weight is 403 g/mol. The Bertz CT molecular complexity index is 753. The summed E-state index contributed by atoms with van der Waals surface area (Å²) in [5.41, 5.74) is 3.50. The second kappa shape index (κ2) is 8.35. The molecule has 2 saturated heterocycles. The number of amides is 1. The molecule has 0 bridgehead atoms. The van der Waals surface area contributed by atoms with Gasteiger partial charge in [-0.1, -0.05) is 12.8 Å². The first kappa shape index (κ1) is 20.8. The predicted molar refractivity (Wildman–Crippen MR) is 116 cm³/mol. The van der Waals surface area contributed by atoms with Crippen molar-refractivity contribution in [3.63, 3.8) is 0 Å². The van der Waals surface area contributed by atoms with Crippen LogP contribution in [-0.2, 0) is 11.3 Å². The quantitative estimate of drug-likeness (QED) is 0.709. The van der Waals surface area contributed by atoms with Gasteiger partial charge in [0, 0.05) is 62.6 Å². The molecule has 0 spiro atoms. The highest BCUT2D eigenvalue weighted by molar-refractivity contribution is 5.79. The van der Waals surface area contributed by atoms with E-state index in [9.17, 15) is 9.18 Å². The lowest BCUT2D eigenvalue weighted by atomic mass is 10.0.